The maximum Gasteiger partial charge on any atom is 0.230 e. The molecule has 4 N–H and O–H groups in total. The summed E-state index contributed by atoms with van der Waals surface area (Å²) in [5.41, 5.74) is 11.4. The standard InChI is InChI=1S/C23H25N5OS2/c1-15-8-10-16(11-9-15)13-30-14-20(29)25-12-4-6-18-21(22(24)28-27-18)23-26-17-5-2-3-7-19(17)31-23/h2-3,5,7-11H,4,6,12-14H2,1H3,(H,25,29)(H3,24,27,28). The Morgan fingerprint density at radius 2 is 2.00 bits per heavy atom. The fourth-order valence-corrected chi connectivity index (χ4v) is 5.15. The number of aromatic nitrogens is 3. The van der Waals surface area contributed by atoms with E-state index in [9.17, 15) is 4.79 Å². The molecular weight excluding hydrogens is 426 g/mol. The van der Waals surface area contributed by atoms with Gasteiger partial charge in [-0.05, 0) is 37.5 Å². The topological polar surface area (TPSA) is 96.7 Å². The Balaban J connectivity index is 1.24. The molecule has 2 aromatic carbocycles. The molecule has 2 aromatic heterocycles. The Morgan fingerprint density at radius 1 is 1.19 bits per heavy atom. The molecule has 0 aliphatic heterocycles. The van der Waals surface area contributed by atoms with E-state index >= 15 is 0 Å². The molecule has 0 spiro atoms. The number of para-hydroxylation sites is 1. The number of rotatable bonds is 9. The predicted molar refractivity (Wildman–Crippen MR) is 130 cm³/mol. The van der Waals surface area contributed by atoms with Crippen LogP contribution in [0.3, 0.4) is 0 Å². The number of amides is 1. The van der Waals surface area contributed by atoms with Crippen molar-refractivity contribution in [3.63, 3.8) is 0 Å². The van der Waals surface area contributed by atoms with Gasteiger partial charge in [-0.3, -0.25) is 9.89 Å². The molecule has 0 bridgehead atoms. The van der Waals surface area contributed by atoms with Crippen molar-refractivity contribution in [3.05, 3.63) is 65.4 Å². The van der Waals surface area contributed by atoms with Crippen molar-refractivity contribution in [2.24, 2.45) is 0 Å². The summed E-state index contributed by atoms with van der Waals surface area (Å²) < 4.78 is 1.12. The molecule has 0 saturated heterocycles. The van der Waals surface area contributed by atoms with E-state index in [1.807, 2.05) is 18.2 Å². The molecule has 0 aliphatic carbocycles. The minimum atomic E-state index is 0.0626. The summed E-state index contributed by atoms with van der Waals surface area (Å²) in [5.74, 6) is 1.83. The highest BCUT2D eigenvalue weighted by molar-refractivity contribution is 7.99. The van der Waals surface area contributed by atoms with Gasteiger partial charge in [0.05, 0.1) is 21.5 Å². The third-order valence-electron chi connectivity index (χ3n) is 4.93. The number of hydrogen-bond donors (Lipinski definition) is 3. The number of carbonyl (C=O) groups excluding carboxylic acids is 1. The molecule has 4 aromatic rings. The summed E-state index contributed by atoms with van der Waals surface area (Å²) in [6, 6.07) is 16.5. The highest BCUT2D eigenvalue weighted by atomic mass is 32.2. The number of thiazole rings is 1. The zero-order valence-corrected chi connectivity index (χ0v) is 19.0. The lowest BCUT2D eigenvalue weighted by Gasteiger charge is -2.06. The normalized spacial score (nSPS) is 11.1. The Kier molecular flexibility index (Phi) is 6.89. The van der Waals surface area contributed by atoms with Gasteiger partial charge in [-0.15, -0.1) is 23.1 Å². The number of anilines is 1. The number of nitrogen functional groups attached to an aromatic ring is 1. The minimum absolute atomic E-state index is 0.0626. The first-order valence-corrected chi connectivity index (χ1v) is 12.2. The first-order chi connectivity index (χ1) is 15.1. The number of aryl methyl sites for hydroxylation is 2. The van der Waals surface area contributed by atoms with Gasteiger partial charge in [0, 0.05) is 18.0 Å². The van der Waals surface area contributed by atoms with Crippen LogP contribution < -0.4 is 11.1 Å². The Bertz CT molecular complexity index is 1130. The van der Waals surface area contributed by atoms with Crippen molar-refractivity contribution in [2.45, 2.75) is 25.5 Å². The van der Waals surface area contributed by atoms with Crippen molar-refractivity contribution in [3.8, 4) is 10.6 Å². The Labute approximate surface area is 189 Å². The van der Waals surface area contributed by atoms with E-state index in [1.165, 1.54) is 11.1 Å². The molecule has 31 heavy (non-hydrogen) atoms. The number of thioether (sulfide) groups is 1. The van der Waals surface area contributed by atoms with Gasteiger partial charge in [-0.25, -0.2) is 4.98 Å². The number of nitrogens with zero attached hydrogens (tertiary/aromatic N) is 2. The number of nitrogens with one attached hydrogen (secondary N) is 2. The summed E-state index contributed by atoms with van der Waals surface area (Å²) in [5, 5.41) is 11.1. The molecular formula is C23H25N5OS2. The van der Waals surface area contributed by atoms with Gasteiger partial charge in [-0.1, -0.05) is 42.0 Å². The Morgan fingerprint density at radius 3 is 2.81 bits per heavy atom. The number of aromatic amines is 1. The number of carbonyl (C=O) groups is 1. The van der Waals surface area contributed by atoms with Crippen LogP contribution in [0.1, 0.15) is 23.2 Å². The number of fused-ring (bicyclic) bond motifs is 1. The molecule has 6 nitrogen and oxygen atoms in total. The smallest absolute Gasteiger partial charge is 0.230 e. The summed E-state index contributed by atoms with van der Waals surface area (Å²) in [6.45, 7) is 2.69. The molecule has 8 heteroatoms. The number of benzene rings is 2. The summed E-state index contributed by atoms with van der Waals surface area (Å²) in [4.78, 5) is 16.8. The molecule has 4 rings (SSSR count). The molecule has 0 unspecified atom stereocenters. The molecule has 2 heterocycles. The second-order valence-corrected chi connectivity index (χ2v) is 9.40. The average molecular weight is 452 g/mol. The van der Waals surface area contributed by atoms with Crippen molar-refractivity contribution >= 4 is 45.0 Å². The van der Waals surface area contributed by atoms with Crippen molar-refractivity contribution < 1.29 is 4.79 Å². The lowest BCUT2D eigenvalue weighted by molar-refractivity contribution is -0.118. The first-order valence-electron chi connectivity index (χ1n) is 10.2. The lowest BCUT2D eigenvalue weighted by Crippen LogP contribution is -2.26. The van der Waals surface area contributed by atoms with Gasteiger partial charge in [0.1, 0.15) is 5.01 Å². The number of H-pyrrole nitrogens is 1. The van der Waals surface area contributed by atoms with Crippen LogP contribution in [0.2, 0.25) is 0 Å². The van der Waals surface area contributed by atoms with E-state index in [-0.39, 0.29) is 5.91 Å². The largest absolute Gasteiger partial charge is 0.382 e. The van der Waals surface area contributed by atoms with E-state index in [2.05, 4.69) is 52.8 Å². The van der Waals surface area contributed by atoms with Gasteiger partial charge in [0.25, 0.3) is 0 Å². The SMILES string of the molecule is Cc1ccc(CSCC(=O)NCCCc2[nH]nc(N)c2-c2nc3ccccc3s2)cc1. The molecule has 160 valence electrons. The lowest BCUT2D eigenvalue weighted by atomic mass is 10.1. The monoisotopic (exact) mass is 451 g/mol. The molecule has 0 fully saturated rings. The van der Waals surface area contributed by atoms with E-state index in [4.69, 9.17) is 10.7 Å². The van der Waals surface area contributed by atoms with E-state index in [0.29, 0.717) is 18.1 Å². The number of hydrogen-bond acceptors (Lipinski definition) is 6. The summed E-state index contributed by atoms with van der Waals surface area (Å²) in [6.07, 6.45) is 1.54. The van der Waals surface area contributed by atoms with Gasteiger partial charge < -0.3 is 11.1 Å². The van der Waals surface area contributed by atoms with Gasteiger partial charge >= 0.3 is 0 Å². The third-order valence-corrected chi connectivity index (χ3v) is 6.98. The first kappa shape index (κ1) is 21.4. The maximum absolute atomic E-state index is 12.1. The highest BCUT2D eigenvalue weighted by Gasteiger charge is 2.17. The van der Waals surface area contributed by atoms with Gasteiger partial charge in [-0.2, -0.15) is 5.10 Å². The van der Waals surface area contributed by atoms with Crippen molar-refractivity contribution in [1.29, 1.82) is 0 Å². The molecule has 0 atom stereocenters. The van der Waals surface area contributed by atoms with Crippen LogP contribution in [-0.4, -0.2) is 33.4 Å². The second kappa shape index (κ2) is 9.98. The highest BCUT2D eigenvalue weighted by Crippen LogP contribution is 2.35. The van der Waals surface area contributed by atoms with Crippen LogP contribution in [0.5, 0.6) is 0 Å². The van der Waals surface area contributed by atoms with Crippen molar-refractivity contribution in [2.75, 3.05) is 18.0 Å². The second-order valence-electron chi connectivity index (χ2n) is 7.38. The zero-order chi connectivity index (χ0) is 21.6. The van der Waals surface area contributed by atoms with Crippen LogP contribution in [0.25, 0.3) is 20.8 Å². The Hall–Kier alpha value is -2.84. The van der Waals surface area contributed by atoms with Gasteiger partial charge in [0.15, 0.2) is 5.82 Å². The molecule has 0 saturated carbocycles. The average Bonchev–Trinajstić information content (AvgIpc) is 3.35. The van der Waals surface area contributed by atoms with Gasteiger partial charge in [0.2, 0.25) is 5.91 Å². The fraction of sp³-hybridized carbons (Fsp3) is 0.261. The van der Waals surface area contributed by atoms with Crippen LogP contribution in [-0.2, 0) is 17.0 Å². The molecule has 1 amide bonds. The van der Waals surface area contributed by atoms with E-state index < -0.39 is 0 Å². The fourth-order valence-electron chi connectivity index (χ4n) is 3.28. The zero-order valence-electron chi connectivity index (χ0n) is 17.4. The minimum Gasteiger partial charge on any atom is -0.382 e. The molecule has 0 aliphatic rings. The number of nitrogens with two attached hydrogens (primary N) is 1. The van der Waals surface area contributed by atoms with Crippen LogP contribution >= 0.6 is 23.1 Å². The van der Waals surface area contributed by atoms with Crippen LogP contribution in [0.15, 0.2) is 48.5 Å². The summed E-state index contributed by atoms with van der Waals surface area (Å²) >= 11 is 3.24. The van der Waals surface area contributed by atoms with Crippen LogP contribution in [0.4, 0.5) is 5.82 Å². The van der Waals surface area contributed by atoms with Crippen molar-refractivity contribution in [1.82, 2.24) is 20.5 Å². The van der Waals surface area contributed by atoms with E-state index in [0.717, 1.165) is 45.1 Å². The van der Waals surface area contributed by atoms with E-state index in [1.54, 1.807) is 23.1 Å². The summed E-state index contributed by atoms with van der Waals surface area (Å²) in [7, 11) is 0. The van der Waals surface area contributed by atoms with Crippen LogP contribution in [0, 0.1) is 6.92 Å². The molecule has 0 radical (unpaired) electrons. The predicted octanol–water partition coefficient (Wildman–Crippen LogP) is 4.56. The quantitative estimate of drug-likeness (QED) is 0.324. The third kappa shape index (κ3) is 5.45. The maximum atomic E-state index is 12.1.